The predicted octanol–water partition coefficient (Wildman–Crippen LogP) is 2.37. The molecular formula is C14H12N2O3. The van der Waals surface area contributed by atoms with Gasteiger partial charge in [0, 0.05) is 5.39 Å². The second-order valence-electron chi connectivity index (χ2n) is 4.09. The van der Waals surface area contributed by atoms with E-state index < -0.39 is 0 Å². The second kappa shape index (κ2) is 4.70. The number of nitrogens with zero attached hydrogens (tertiary/aromatic N) is 1. The van der Waals surface area contributed by atoms with E-state index in [1.807, 2.05) is 24.3 Å². The monoisotopic (exact) mass is 256 g/mol. The Balaban J connectivity index is 2.15. The highest BCUT2D eigenvalue weighted by atomic mass is 16.5. The van der Waals surface area contributed by atoms with Crippen molar-refractivity contribution in [3.8, 4) is 0 Å². The molecule has 0 fully saturated rings. The van der Waals surface area contributed by atoms with Gasteiger partial charge in [0.2, 0.25) is 5.58 Å². The van der Waals surface area contributed by atoms with Crippen molar-refractivity contribution >= 4 is 22.1 Å². The van der Waals surface area contributed by atoms with E-state index in [0.717, 1.165) is 5.39 Å². The Morgan fingerprint density at radius 1 is 1.42 bits per heavy atom. The van der Waals surface area contributed by atoms with Gasteiger partial charge in [-0.1, -0.05) is 18.2 Å². The van der Waals surface area contributed by atoms with Crippen LogP contribution in [0, 0.1) is 0 Å². The number of fused-ring (bicyclic) bond motifs is 3. The number of rotatable bonds is 4. The molecule has 0 spiro atoms. The number of hydrogen-bond acceptors (Lipinski definition) is 4. The van der Waals surface area contributed by atoms with Crippen molar-refractivity contribution in [1.29, 1.82) is 0 Å². The summed E-state index contributed by atoms with van der Waals surface area (Å²) in [5, 5.41) is 0.827. The Morgan fingerprint density at radius 2 is 2.26 bits per heavy atom. The van der Waals surface area contributed by atoms with Crippen molar-refractivity contribution in [2.24, 2.45) is 0 Å². The van der Waals surface area contributed by atoms with Gasteiger partial charge in [0.25, 0.3) is 5.56 Å². The molecule has 0 aliphatic carbocycles. The molecule has 1 N–H and O–H groups in total. The molecule has 0 amide bonds. The maximum Gasteiger partial charge on any atom is 0.294 e. The third-order valence-corrected chi connectivity index (χ3v) is 2.75. The largest absolute Gasteiger partial charge is 0.449 e. The normalized spacial score (nSPS) is 11.2. The lowest BCUT2D eigenvalue weighted by Gasteiger charge is -2.00. The van der Waals surface area contributed by atoms with Crippen LogP contribution in [0.2, 0.25) is 0 Å². The third kappa shape index (κ3) is 2.04. The van der Waals surface area contributed by atoms with Crippen molar-refractivity contribution < 1.29 is 9.15 Å². The average molecular weight is 256 g/mol. The van der Waals surface area contributed by atoms with Crippen LogP contribution in [-0.4, -0.2) is 16.6 Å². The molecule has 0 atom stereocenters. The molecule has 5 nitrogen and oxygen atoms in total. The molecule has 96 valence electrons. The Morgan fingerprint density at radius 3 is 3.11 bits per heavy atom. The maximum atomic E-state index is 11.9. The minimum absolute atomic E-state index is 0.233. The number of furan rings is 1. The Hall–Kier alpha value is -2.40. The number of benzene rings is 1. The van der Waals surface area contributed by atoms with Gasteiger partial charge >= 0.3 is 0 Å². The summed E-state index contributed by atoms with van der Waals surface area (Å²) in [6.45, 7) is 4.20. The Kier molecular flexibility index (Phi) is 2.89. The number of hydrogen-bond donors (Lipinski definition) is 1. The predicted molar refractivity (Wildman–Crippen MR) is 72.0 cm³/mol. The van der Waals surface area contributed by atoms with E-state index in [1.165, 1.54) is 0 Å². The fraction of sp³-hybridized carbons (Fsp3) is 0.143. The van der Waals surface area contributed by atoms with Crippen LogP contribution in [0.4, 0.5) is 0 Å². The van der Waals surface area contributed by atoms with Gasteiger partial charge in [-0.05, 0) is 12.1 Å². The first-order chi connectivity index (χ1) is 9.29. The quantitative estimate of drug-likeness (QED) is 0.574. The van der Waals surface area contributed by atoms with E-state index in [0.29, 0.717) is 23.5 Å². The van der Waals surface area contributed by atoms with Crippen LogP contribution in [-0.2, 0) is 11.3 Å². The molecular weight excluding hydrogens is 244 g/mol. The topological polar surface area (TPSA) is 68.1 Å². The highest BCUT2D eigenvalue weighted by molar-refractivity contribution is 6.01. The fourth-order valence-corrected chi connectivity index (χ4v) is 1.95. The minimum Gasteiger partial charge on any atom is -0.449 e. The van der Waals surface area contributed by atoms with Gasteiger partial charge in [0.1, 0.15) is 23.5 Å². The van der Waals surface area contributed by atoms with Crippen LogP contribution in [0.25, 0.3) is 22.1 Å². The zero-order valence-electron chi connectivity index (χ0n) is 10.2. The number of para-hydroxylation sites is 1. The molecule has 5 heteroatoms. The second-order valence-corrected chi connectivity index (χ2v) is 4.09. The van der Waals surface area contributed by atoms with E-state index in [9.17, 15) is 4.79 Å². The van der Waals surface area contributed by atoms with Crippen LogP contribution in [0.1, 0.15) is 5.82 Å². The average Bonchev–Trinajstić information content (AvgIpc) is 2.79. The molecule has 1 aromatic carbocycles. The molecule has 3 rings (SSSR count). The number of nitrogens with one attached hydrogen (secondary N) is 1. The zero-order valence-corrected chi connectivity index (χ0v) is 10.2. The van der Waals surface area contributed by atoms with Crippen LogP contribution < -0.4 is 5.56 Å². The van der Waals surface area contributed by atoms with Crippen molar-refractivity contribution in [2.45, 2.75) is 6.61 Å². The molecule has 0 unspecified atom stereocenters. The molecule has 3 aromatic rings. The van der Waals surface area contributed by atoms with Gasteiger partial charge in [0.05, 0.1) is 6.61 Å². The highest BCUT2D eigenvalue weighted by Crippen LogP contribution is 2.24. The van der Waals surface area contributed by atoms with E-state index in [-0.39, 0.29) is 17.7 Å². The van der Waals surface area contributed by atoms with E-state index in [2.05, 4.69) is 16.5 Å². The smallest absolute Gasteiger partial charge is 0.294 e. The van der Waals surface area contributed by atoms with Crippen molar-refractivity contribution in [3.05, 3.63) is 53.1 Å². The standard InChI is InChI=1S/C14H12N2O3/c1-2-7-18-8-11-15-12-9-5-3-4-6-10(9)19-13(12)14(17)16-11/h2-6H,1,7-8H2,(H,15,16,17). The number of aromatic nitrogens is 2. The van der Waals surface area contributed by atoms with Gasteiger partial charge in [-0.2, -0.15) is 0 Å². The fourth-order valence-electron chi connectivity index (χ4n) is 1.95. The summed E-state index contributed by atoms with van der Waals surface area (Å²) in [5.74, 6) is 0.478. The summed E-state index contributed by atoms with van der Waals surface area (Å²) in [7, 11) is 0. The molecule has 0 aliphatic rings. The van der Waals surface area contributed by atoms with Gasteiger partial charge in [-0.25, -0.2) is 4.98 Å². The molecule has 0 radical (unpaired) electrons. The molecule has 2 aromatic heterocycles. The minimum atomic E-state index is -0.293. The zero-order chi connectivity index (χ0) is 13.2. The summed E-state index contributed by atoms with van der Waals surface area (Å²) in [6.07, 6.45) is 1.64. The number of ether oxygens (including phenoxy) is 1. The third-order valence-electron chi connectivity index (χ3n) is 2.75. The van der Waals surface area contributed by atoms with E-state index >= 15 is 0 Å². The molecule has 0 saturated carbocycles. The van der Waals surface area contributed by atoms with E-state index in [1.54, 1.807) is 6.08 Å². The number of aromatic amines is 1. The lowest BCUT2D eigenvalue weighted by atomic mass is 10.2. The summed E-state index contributed by atoms with van der Waals surface area (Å²) in [5.41, 5.74) is 1.17. The Bertz CT molecular complexity index is 801. The first-order valence-corrected chi connectivity index (χ1v) is 5.88. The van der Waals surface area contributed by atoms with Gasteiger partial charge in [0.15, 0.2) is 0 Å². The van der Waals surface area contributed by atoms with Crippen molar-refractivity contribution in [3.63, 3.8) is 0 Å². The SMILES string of the molecule is C=CCOCc1nc2c(oc3ccccc32)c(=O)[nH]1. The van der Waals surface area contributed by atoms with Gasteiger partial charge in [-0.15, -0.1) is 6.58 Å². The molecule has 0 aliphatic heterocycles. The summed E-state index contributed by atoms with van der Waals surface area (Å²) >= 11 is 0. The summed E-state index contributed by atoms with van der Waals surface area (Å²) in [4.78, 5) is 19.0. The molecule has 0 bridgehead atoms. The van der Waals surface area contributed by atoms with Crippen LogP contribution in [0.5, 0.6) is 0 Å². The van der Waals surface area contributed by atoms with Crippen LogP contribution in [0.3, 0.4) is 0 Å². The van der Waals surface area contributed by atoms with Crippen LogP contribution >= 0.6 is 0 Å². The van der Waals surface area contributed by atoms with E-state index in [4.69, 9.17) is 9.15 Å². The van der Waals surface area contributed by atoms with Crippen molar-refractivity contribution in [2.75, 3.05) is 6.61 Å². The number of H-pyrrole nitrogens is 1. The summed E-state index contributed by atoms with van der Waals surface area (Å²) < 4.78 is 10.8. The maximum absolute atomic E-state index is 11.9. The summed E-state index contributed by atoms with van der Waals surface area (Å²) in [6, 6.07) is 7.42. The first-order valence-electron chi connectivity index (χ1n) is 5.88. The van der Waals surface area contributed by atoms with Crippen LogP contribution in [0.15, 0.2) is 46.1 Å². The molecule has 2 heterocycles. The van der Waals surface area contributed by atoms with Gasteiger partial charge < -0.3 is 14.1 Å². The first kappa shape index (κ1) is 11.7. The lowest BCUT2D eigenvalue weighted by molar-refractivity contribution is 0.143. The highest BCUT2D eigenvalue weighted by Gasteiger charge is 2.12. The molecule has 0 saturated heterocycles. The lowest BCUT2D eigenvalue weighted by Crippen LogP contribution is -2.11. The Labute approximate surface area is 108 Å². The molecule has 19 heavy (non-hydrogen) atoms. The van der Waals surface area contributed by atoms with Crippen molar-refractivity contribution in [1.82, 2.24) is 9.97 Å². The van der Waals surface area contributed by atoms with Gasteiger partial charge in [-0.3, -0.25) is 4.79 Å².